The summed E-state index contributed by atoms with van der Waals surface area (Å²) in [5, 5.41) is 6.54. The fraction of sp³-hybridized carbons (Fsp3) is 0.190. The number of ether oxygens (including phenoxy) is 1. The summed E-state index contributed by atoms with van der Waals surface area (Å²) in [4.78, 5) is 39.4. The van der Waals surface area contributed by atoms with Crippen molar-refractivity contribution >= 4 is 44.2 Å². The van der Waals surface area contributed by atoms with Crippen LogP contribution in [0.2, 0.25) is 0 Å². The third kappa shape index (κ3) is 5.26. The first-order chi connectivity index (χ1) is 17.1. The van der Waals surface area contributed by atoms with Gasteiger partial charge in [-0.1, -0.05) is 17.4 Å². The Hall–Kier alpha value is -4.11. The van der Waals surface area contributed by atoms with E-state index in [2.05, 4.69) is 20.1 Å². The molecule has 0 atom stereocenters. The number of esters is 1. The van der Waals surface area contributed by atoms with Crippen LogP contribution >= 0.6 is 11.3 Å². The van der Waals surface area contributed by atoms with E-state index in [0.717, 1.165) is 16.0 Å². The van der Waals surface area contributed by atoms with Gasteiger partial charge in [0, 0.05) is 12.7 Å². The lowest BCUT2D eigenvalue weighted by molar-refractivity contribution is -0.199. The fourth-order valence-corrected chi connectivity index (χ4v) is 4.02. The van der Waals surface area contributed by atoms with Crippen molar-refractivity contribution in [1.82, 2.24) is 19.2 Å². The number of nitrogens with zero attached hydrogens (tertiary/aromatic N) is 4. The molecule has 4 rings (SSSR count). The maximum Gasteiger partial charge on any atom is 0.490 e. The maximum atomic E-state index is 12.8. The number of amides is 1. The van der Waals surface area contributed by atoms with Gasteiger partial charge in [0.25, 0.3) is 5.91 Å². The van der Waals surface area contributed by atoms with Crippen LogP contribution in [0.15, 0.2) is 53.2 Å². The SMILES string of the molecule is NC/C(=C\F)Cn1nc2ccc(-c3ccc4sc(NC(=O)COC(=O)C(F)(F)F)nc4c3)cn2c1=O. The highest BCUT2D eigenvalue weighted by molar-refractivity contribution is 7.22. The second-order valence-corrected chi connectivity index (χ2v) is 8.41. The first-order valence-corrected chi connectivity index (χ1v) is 10.9. The highest BCUT2D eigenvalue weighted by Crippen LogP contribution is 2.30. The number of benzene rings is 1. The largest absolute Gasteiger partial charge is 0.490 e. The summed E-state index contributed by atoms with van der Waals surface area (Å²) in [7, 11) is 0. The Balaban J connectivity index is 1.54. The van der Waals surface area contributed by atoms with Gasteiger partial charge in [0.05, 0.1) is 23.1 Å². The molecule has 0 fully saturated rings. The van der Waals surface area contributed by atoms with Crippen LogP contribution in [0.3, 0.4) is 0 Å². The summed E-state index contributed by atoms with van der Waals surface area (Å²) in [6, 6.07) is 8.52. The molecule has 0 aliphatic rings. The van der Waals surface area contributed by atoms with Crippen LogP contribution < -0.4 is 16.7 Å². The highest BCUT2D eigenvalue weighted by atomic mass is 32.1. The van der Waals surface area contributed by atoms with E-state index in [1.165, 1.54) is 4.40 Å². The molecule has 0 aliphatic heterocycles. The number of aromatic nitrogens is 4. The first kappa shape index (κ1) is 25.0. The number of rotatable bonds is 7. The van der Waals surface area contributed by atoms with Gasteiger partial charge < -0.3 is 10.5 Å². The van der Waals surface area contributed by atoms with Crippen LogP contribution in [-0.2, 0) is 20.9 Å². The first-order valence-electron chi connectivity index (χ1n) is 10.1. The monoisotopic (exact) mass is 524 g/mol. The van der Waals surface area contributed by atoms with E-state index in [1.54, 1.807) is 36.5 Å². The molecule has 0 saturated heterocycles. The molecule has 0 unspecified atom stereocenters. The number of nitrogens with two attached hydrogens (primary N) is 1. The van der Waals surface area contributed by atoms with Crippen LogP contribution in [0.25, 0.3) is 27.0 Å². The van der Waals surface area contributed by atoms with E-state index in [1.807, 2.05) is 0 Å². The molecule has 0 spiro atoms. The third-order valence-electron chi connectivity index (χ3n) is 4.88. The fourth-order valence-electron chi connectivity index (χ4n) is 3.16. The molecular weight excluding hydrogens is 508 g/mol. The summed E-state index contributed by atoms with van der Waals surface area (Å²) >= 11 is 1.07. The average molecular weight is 524 g/mol. The van der Waals surface area contributed by atoms with Gasteiger partial charge in [-0.2, -0.15) is 13.2 Å². The summed E-state index contributed by atoms with van der Waals surface area (Å²) in [6.45, 7) is -1.26. The molecule has 3 aromatic heterocycles. The van der Waals surface area contributed by atoms with Crippen molar-refractivity contribution in [3.63, 3.8) is 0 Å². The lowest BCUT2D eigenvalue weighted by Gasteiger charge is -2.06. The number of fused-ring (bicyclic) bond motifs is 2. The second kappa shape index (κ2) is 9.87. The van der Waals surface area contributed by atoms with Gasteiger partial charge in [0.2, 0.25) is 0 Å². The third-order valence-corrected chi connectivity index (χ3v) is 5.83. The smallest absolute Gasteiger partial charge is 0.449 e. The van der Waals surface area contributed by atoms with Crippen LogP contribution in [0, 0.1) is 0 Å². The van der Waals surface area contributed by atoms with Crippen molar-refractivity contribution in [2.45, 2.75) is 12.7 Å². The van der Waals surface area contributed by atoms with Crippen LogP contribution in [0.5, 0.6) is 0 Å². The number of hydrogen-bond donors (Lipinski definition) is 2. The van der Waals surface area contributed by atoms with Crippen LogP contribution in [0.4, 0.5) is 22.7 Å². The Bertz CT molecular complexity index is 1560. The topological polar surface area (TPSA) is 134 Å². The molecule has 0 saturated carbocycles. The number of halogens is 4. The lowest BCUT2D eigenvalue weighted by Crippen LogP contribution is -2.29. The molecule has 0 radical (unpaired) electrons. The molecule has 4 aromatic rings. The molecule has 1 amide bonds. The van der Waals surface area contributed by atoms with Gasteiger partial charge in [-0.05, 0) is 41.0 Å². The van der Waals surface area contributed by atoms with Gasteiger partial charge >= 0.3 is 17.8 Å². The van der Waals surface area contributed by atoms with Gasteiger partial charge in [-0.25, -0.2) is 28.0 Å². The van der Waals surface area contributed by atoms with Gasteiger partial charge in [-0.3, -0.25) is 10.1 Å². The highest BCUT2D eigenvalue weighted by Gasteiger charge is 2.41. The number of thiazole rings is 1. The molecule has 188 valence electrons. The number of pyridine rings is 1. The number of nitrogens with one attached hydrogen (secondary N) is 1. The van der Waals surface area contributed by atoms with E-state index in [-0.39, 0.29) is 23.8 Å². The Kier molecular flexibility index (Phi) is 6.85. The summed E-state index contributed by atoms with van der Waals surface area (Å²) < 4.78 is 56.3. The number of carbonyl (C=O) groups excluding carboxylic acids is 2. The Labute approximate surface area is 202 Å². The minimum absolute atomic E-state index is 0.0587. The van der Waals surface area contributed by atoms with Crippen molar-refractivity contribution in [3.8, 4) is 11.1 Å². The van der Waals surface area contributed by atoms with E-state index in [4.69, 9.17) is 5.73 Å². The van der Waals surface area contributed by atoms with Gasteiger partial charge in [0.15, 0.2) is 17.4 Å². The molecule has 36 heavy (non-hydrogen) atoms. The number of hydrogen-bond acceptors (Lipinski definition) is 8. The standard InChI is InChI=1S/C21H16F4N6O4S/c22-6-11(7-26)8-31-20(34)30-9-13(2-4-16(30)29-31)12-1-3-15-14(5-12)27-19(36-15)28-17(32)10-35-18(33)21(23,24)25/h1-6,9H,7-8,10,26H2,(H,27,28,32)/b11-6+. The average Bonchev–Trinajstić information content (AvgIpc) is 3.39. The Morgan fingerprint density at radius 3 is 2.64 bits per heavy atom. The maximum absolute atomic E-state index is 12.8. The van der Waals surface area contributed by atoms with E-state index >= 15 is 0 Å². The second-order valence-electron chi connectivity index (χ2n) is 7.38. The van der Waals surface area contributed by atoms with Gasteiger partial charge in [0.1, 0.15) is 0 Å². The predicted octanol–water partition coefficient (Wildman–Crippen LogP) is 2.63. The Morgan fingerprint density at radius 1 is 1.19 bits per heavy atom. The zero-order chi connectivity index (χ0) is 26.0. The van der Waals surface area contributed by atoms with E-state index < -0.39 is 30.3 Å². The zero-order valence-corrected chi connectivity index (χ0v) is 18.9. The van der Waals surface area contributed by atoms with E-state index in [0.29, 0.717) is 33.3 Å². The lowest BCUT2D eigenvalue weighted by atomic mass is 10.1. The van der Waals surface area contributed by atoms with E-state index in [9.17, 15) is 31.9 Å². The molecule has 3 N–H and O–H groups in total. The summed E-state index contributed by atoms with van der Waals surface area (Å²) in [6.07, 6.45) is -3.29. The quantitative estimate of drug-likeness (QED) is 0.280. The minimum atomic E-state index is -5.20. The normalized spacial score (nSPS) is 12.3. The van der Waals surface area contributed by atoms with Crippen LogP contribution in [0.1, 0.15) is 0 Å². The van der Waals surface area contributed by atoms with Crippen LogP contribution in [-0.4, -0.2) is 50.4 Å². The predicted molar refractivity (Wildman–Crippen MR) is 122 cm³/mol. The Morgan fingerprint density at radius 2 is 1.94 bits per heavy atom. The van der Waals surface area contributed by atoms with Crippen molar-refractivity contribution in [2.24, 2.45) is 5.73 Å². The molecular formula is C21H16F4N6O4S. The number of alkyl halides is 3. The molecule has 10 nitrogen and oxygen atoms in total. The van der Waals surface area contributed by atoms with Gasteiger partial charge in [-0.15, -0.1) is 5.10 Å². The van der Waals surface area contributed by atoms with Crippen molar-refractivity contribution in [2.75, 3.05) is 18.5 Å². The molecule has 3 heterocycles. The molecule has 0 bridgehead atoms. The van der Waals surface area contributed by atoms with Crippen molar-refractivity contribution in [3.05, 3.63) is 58.9 Å². The zero-order valence-electron chi connectivity index (χ0n) is 18.1. The number of anilines is 1. The number of carbonyl (C=O) groups is 2. The summed E-state index contributed by atoms with van der Waals surface area (Å²) in [5.41, 5.74) is 7.32. The molecule has 1 aromatic carbocycles. The van der Waals surface area contributed by atoms with Crippen molar-refractivity contribution < 1.29 is 31.9 Å². The van der Waals surface area contributed by atoms with Crippen molar-refractivity contribution in [1.29, 1.82) is 0 Å². The molecule has 15 heteroatoms. The molecule has 0 aliphatic carbocycles. The minimum Gasteiger partial charge on any atom is -0.449 e. The summed E-state index contributed by atoms with van der Waals surface area (Å²) in [5.74, 6) is -3.44.